The molecule has 0 atom stereocenters. The fraction of sp³-hybridized carbons (Fsp3) is 0.310. The monoisotopic (exact) mass is 482 g/mol. The quantitative estimate of drug-likeness (QED) is 0.509. The summed E-state index contributed by atoms with van der Waals surface area (Å²) in [5, 5.41) is 15.3. The zero-order valence-corrected chi connectivity index (χ0v) is 20.4. The number of urea groups is 1. The molecule has 0 saturated carbocycles. The van der Waals surface area contributed by atoms with Gasteiger partial charge in [-0.2, -0.15) is 5.26 Å². The molecule has 184 valence electrons. The number of ether oxygens (including phenoxy) is 2. The van der Waals surface area contributed by atoms with Crippen LogP contribution in [0, 0.1) is 11.3 Å². The van der Waals surface area contributed by atoms with E-state index >= 15 is 0 Å². The maximum absolute atomic E-state index is 12.8. The summed E-state index contributed by atoms with van der Waals surface area (Å²) >= 11 is 0. The third-order valence-electron chi connectivity index (χ3n) is 7.30. The maximum Gasteiger partial charge on any atom is 0.319 e. The first kappa shape index (κ1) is 23.7. The van der Waals surface area contributed by atoms with Gasteiger partial charge in [0.25, 0.3) is 0 Å². The second kappa shape index (κ2) is 10.3. The number of nitrogens with zero attached hydrogens (tertiary/aromatic N) is 2. The first-order valence-electron chi connectivity index (χ1n) is 12.4. The molecule has 1 fully saturated rings. The number of anilines is 1. The van der Waals surface area contributed by atoms with Gasteiger partial charge < -0.3 is 25.0 Å². The summed E-state index contributed by atoms with van der Waals surface area (Å²) in [6.07, 6.45) is 1.93. The fourth-order valence-electron chi connectivity index (χ4n) is 5.05. The molecule has 1 saturated heterocycles. The highest BCUT2D eigenvalue weighted by molar-refractivity contribution is 5.89. The Balaban J connectivity index is 1.31. The average molecular weight is 483 g/mol. The van der Waals surface area contributed by atoms with E-state index in [1.807, 2.05) is 30.3 Å². The van der Waals surface area contributed by atoms with Gasteiger partial charge in [-0.15, -0.1) is 0 Å². The number of nitrogens with one attached hydrogen (secondary N) is 2. The highest BCUT2D eigenvalue weighted by Crippen LogP contribution is 2.37. The SMILES string of the molecule is CCN1CCC(CNC(=O)Nc2ccc3c(c2)OCO3)(c2ccc(-c3cccc(C#N)c3)cc2)CC1. The average Bonchev–Trinajstić information content (AvgIpc) is 3.40. The molecule has 2 amide bonds. The fourth-order valence-corrected chi connectivity index (χ4v) is 5.05. The Kier molecular flexibility index (Phi) is 6.79. The van der Waals surface area contributed by atoms with E-state index in [0.717, 1.165) is 43.6 Å². The minimum atomic E-state index is -0.240. The second-order valence-electron chi connectivity index (χ2n) is 9.36. The summed E-state index contributed by atoms with van der Waals surface area (Å²) in [6, 6.07) is 23.6. The van der Waals surface area contributed by atoms with Gasteiger partial charge in [0.05, 0.1) is 11.6 Å². The minimum absolute atomic E-state index is 0.148. The van der Waals surface area contributed by atoms with Crippen molar-refractivity contribution < 1.29 is 14.3 Å². The van der Waals surface area contributed by atoms with Crippen molar-refractivity contribution in [1.29, 1.82) is 5.26 Å². The Bertz CT molecular complexity index is 1270. The lowest BCUT2D eigenvalue weighted by Gasteiger charge is -2.42. The van der Waals surface area contributed by atoms with Crippen LogP contribution < -0.4 is 20.1 Å². The molecule has 3 aromatic rings. The van der Waals surface area contributed by atoms with Crippen molar-refractivity contribution in [3.05, 3.63) is 77.9 Å². The van der Waals surface area contributed by atoms with E-state index in [-0.39, 0.29) is 18.2 Å². The van der Waals surface area contributed by atoms with E-state index in [2.05, 4.69) is 52.8 Å². The predicted octanol–water partition coefficient (Wildman–Crippen LogP) is 5.13. The molecule has 3 aromatic carbocycles. The van der Waals surface area contributed by atoms with Crippen molar-refractivity contribution in [2.45, 2.75) is 25.2 Å². The van der Waals surface area contributed by atoms with Gasteiger partial charge >= 0.3 is 6.03 Å². The van der Waals surface area contributed by atoms with Crippen LogP contribution >= 0.6 is 0 Å². The smallest absolute Gasteiger partial charge is 0.319 e. The first-order valence-corrected chi connectivity index (χ1v) is 12.4. The number of hydrogen-bond acceptors (Lipinski definition) is 5. The molecule has 7 nitrogen and oxygen atoms in total. The lowest BCUT2D eigenvalue weighted by Crippen LogP contribution is -2.49. The van der Waals surface area contributed by atoms with E-state index in [1.165, 1.54) is 5.56 Å². The van der Waals surface area contributed by atoms with Crippen LogP contribution in [-0.2, 0) is 5.41 Å². The van der Waals surface area contributed by atoms with Crippen LogP contribution in [0.25, 0.3) is 11.1 Å². The molecule has 0 aromatic heterocycles. The first-order chi connectivity index (χ1) is 17.6. The molecule has 0 aliphatic carbocycles. The molecular formula is C29H30N4O3. The second-order valence-corrected chi connectivity index (χ2v) is 9.36. The van der Waals surface area contributed by atoms with Gasteiger partial charge in [-0.05, 0) is 73.4 Å². The normalized spacial score (nSPS) is 16.2. The van der Waals surface area contributed by atoms with Crippen LogP contribution in [0.2, 0.25) is 0 Å². The highest BCUT2D eigenvalue weighted by atomic mass is 16.7. The van der Waals surface area contributed by atoms with Crippen LogP contribution in [0.15, 0.2) is 66.7 Å². The number of benzene rings is 3. The number of fused-ring (bicyclic) bond motifs is 1. The molecule has 2 aliphatic rings. The number of carbonyl (C=O) groups excluding carboxylic acids is 1. The summed E-state index contributed by atoms with van der Waals surface area (Å²) in [6.45, 7) is 5.95. The summed E-state index contributed by atoms with van der Waals surface area (Å²) in [4.78, 5) is 15.3. The van der Waals surface area contributed by atoms with E-state index in [9.17, 15) is 10.1 Å². The van der Waals surface area contributed by atoms with Gasteiger partial charge in [-0.25, -0.2) is 4.79 Å². The number of carbonyl (C=O) groups is 1. The summed E-state index contributed by atoms with van der Waals surface area (Å²) in [7, 11) is 0. The minimum Gasteiger partial charge on any atom is -0.454 e. The molecule has 0 spiro atoms. The number of nitriles is 1. The Hall–Kier alpha value is -4.02. The largest absolute Gasteiger partial charge is 0.454 e. The van der Waals surface area contributed by atoms with Gasteiger partial charge in [0.2, 0.25) is 6.79 Å². The molecule has 2 aliphatic heterocycles. The lowest BCUT2D eigenvalue weighted by molar-refractivity contribution is 0.163. The molecular weight excluding hydrogens is 452 g/mol. The Morgan fingerprint density at radius 3 is 2.53 bits per heavy atom. The third kappa shape index (κ3) is 5.00. The van der Waals surface area contributed by atoms with Crippen molar-refractivity contribution in [3.63, 3.8) is 0 Å². The topological polar surface area (TPSA) is 86.6 Å². The Morgan fingerprint density at radius 2 is 1.78 bits per heavy atom. The summed E-state index contributed by atoms with van der Waals surface area (Å²) in [5.74, 6) is 1.32. The van der Waals surface area contributed by atoms with Crippen molar-refractivity contribution in [1.82, 2.24) is 10.2 Å². The highest BCUT2D eigenvalue weighted by Gasteiger charge is 2.36. The zero-order valence-electron chi connectivity index (χ0n) is 20.4. The van der Waals surface area contributed by atoms with Crippen molar-refractivity contribution in [2.75, 3.05) is 38.3 Å². The van der Waals surface area contributed by atoms with Crippen LogP contribution in [0.1, 0.15) is 30.9 Å². The summed E-state index contributed by atoms with van der Waals surface area (Å²) in [5.41, 5.74) is 4.49. The Labute approximate surface area is 211 Å². The molecule has 0 bridgehead atoms. The van der Waals surface area contributed by atoms with Crippen LogP contribution in [0.5, 0.6) is 11.5 Å². The molecule has 7 heteroatoms. The molecule has 36 heavy (non-hydrogen) atoms. The molecule has 2 heterocycles. The van der Waals surface area contributed by atoms with E-state index in [1.54, 1.807) is 12.1 Å². The van der Waals surface area contributed by atoms with Gasteiger partial charge in [-0.3, -0.25) is 0 Å². The van der Waals surface area contributed by atoms with Crippen LogP contribution in [-0.4, -0.2) is 43.9 Å². The van der Waals surface area contributed by atoms with Crippen molar-refractivity contribution in [2.24, 2.45) is 0 Å². The number of hydrogen-bond donors (Lipinski definition) is 2. The Morgan fingerprint density at radius 1 is 1.00 bits per heavy atom. The van der Waals surface area contributed by atoms with Crippen LogP contribution in [0.3, 0.4) is 0 Å². The van der Waals surface area contributed by atoms with Gasteiger partial charge in [-0.1, -0.05) is 43.3 Å². The third-order valence-corrected chi connectivity index (χ3v) is 7.30. The number of piperidine rings is 1. The standard InChI is InChI=1S/C29H30N4O3/c1-2-33-14-12-29(13-15-33,19-31-28(34)32-25-10-11-26-27(17-25)36-20-35-26)24-8-6-22(7-9-24)23-5-3-4-21(16-23)18-30/h3-11,16-17H,2,12-15,19-20H2,1H3,(H2,31,32,34). The van der Waals surface area contributed by atoms with E-state index in [4.69, 9.17) is 9.47 Å². The van der Waals surface area contributed by atoms with Crippen molar-refractivity contribution in [3.8, 4) is 28.7 Å². The molecule has 0 unspecified atom stereocenters. The maximum atomic E-state index is 12.8. The molecule has 5 rings (SSSR count). The zero-order chi connectivity index (χ0) is 25.0. The number of likely N-dealkylation sites (tertiary alicyclic amines) is 1. The van der Waals surface area contributed by atoms with Gasteiger partial charge in [0.15, 0.2) is 11.5 Å². The van der Waals surface area contributed by atoms with Crippen LogP contribution in [0.4, 0.5) is 10.5 Å². The van der Waals surface area contributed by atoms with Crippen molar-refractivity contribution >= 4 is 11.7 Å². The van der Waals surface area contributed by atoms with E-state index in [0.29, 0.717) is 29.3 Å². The lowest BCUT2D eigenvalue weighted by atomic mass is 9.72. The van der Waals surface area contributed by atoms with E-state index < -0.39 is 0 Å². The molecule has 0 radical (unpaired) electrons. The predicted molar refractivity (Wildman–Crippen MR) is 139 cm³/mol. The van der Waals surface area contributed by atoms with Gasteiger partial charge in [0, 0.05) is 23.7 Å². The summed E-state index contributed by atoms with van der Waals surface area (Å²) < 4.78 is 10.8. The number of amides is 2. The molecule has 2 N–H and O–H groups in total. The van der Waals surface area contributed by atoms with Gasteiger partial charge in [0.1, 0.15) is 0 Å². The number of rotatable bonds is 6.